The van der Waals surface area contributed by atoms with Crippen LogP contribution >= 0.6 is 0 Å². The summed E-state index contributed by atoms with van der Waals surface area (Å²) in [4.78, 5) is 22.8. The molecule has 3 heterocycles. The van der Waals surface area contributed by atoms with Gasteiger partial charge in [-0.05, 0) is 19.3 Å². The lowest BCUT2D eigenvalue weighted by molar-refractivity contribution is -0.0367. The third-order valence-electron chi connectivity index (χ3n) is 4.19. The van der Waals surface area contributed by atoms with Crippen molar-refractivity contribution in [2.45, 2.75) is 31.4 Å². The second-order valence-electron chi connectivity index (χ2n) is 5.68. The Balaban J connectivity index is 1.69. The van der Waals surface area contributed by atoms with Crippen LogP contribution in [0, 0.1) is 0 Å². The van der Waals surface area contributed by atoms with E-state index < -0.39 is 0 Å². The minimum atomic E-state index is -0.0380. The van der Waals surface area contributed by atoms with Crippen LogP contribution in [-0.4, -0.2) is 66.3 Å². The van der Waals surface area contributed by atoms with Gasteiger partial charge in [0.05, 0.1) is 25.0 Å². The van der Waals surface area contributed by atoms with Crippen LogP contribution in [0.3, 0.4) is 0 Å². The maximum Gasteiger partial charge on any atom is 0.274 e. The molecule has 0 aromatic carbocycles. The Labute approximate surface area is 130 Å². The summed E-state index contributed by atoms with van der Waals surface area (Å²) < 4.78 is 10.8. The molecule has 2 aliphatic rings. The molecular formula is C15H22N4O3. The second-order valence-corrected chi connectivity index (χ2v) is 5.68. The van der Waals surface area contributed by atoms with Gasteiger partial charge in [-0.1, -0.05) is 0 Å². The van der Waals surface area contributed by atoms with Crippen LogP contribution in [0.5, 0.6) is 0 Å². The van der Waals surface area contributed by atoms with Gasteiger partial charge < -0.3 is 19.7 Å². The first-order valence-electron chi connectivity index (χ1n) is 7.76. The second kappa shape index (κ2) is 7.02. The van der Waals surface area contributed by atoms with E-state index in [9.17, 15) is 4.79 Å². The number of hydrogen-bond donors (Lipinski definition) is 1. The SMILES string of the molecule is CO[C@H]1COCC[C@@H]1Nc1cncc(C(=O)N2CCCC2)n1. The Morgan fingerprint density at radius 3 is 3.00 bits per heavy atom. The van der Waals surface area contributed by atoms with Crippen LogP contribution < -0.4 is 5.32 Å². The van der Waals surface area contributed by atoms with Crippen molar-refractivity contribution >= 4 is 11.7 Å². The summed E-state index contributed by atoms with van der Waals surface area (Å²) in [6, 6.07) is 0.116. The summed E-state index contributed by atoms with van der Waals surface area (Å²) in [7, 11) is 1.67. The number of anilines is 1. The van der Waals surface area contributed by atoms with E-state index in [1.807, 2.05) is 4.90 Å². The zero-order valence-electron chi connectivity index (χ0n) is 12.8. The summed E-state index contributed by atoms with van der Waals surface area (Å²) in [6.45, 7) is 2.87. The highest BCUT2D eigenvalue weighted by molar-refractivity contribution is 5.92. The van der Waals surface area contributed by atoms with E-state index >= 15 is 0 Å². The molecule has 3 rings (SSSR count). The highest BCUT2D eigenvalue weighted by atomic mass is 16.5. The lowest BCUT2D eigenvalue weighted by atomic mass is 10.1. The summed E-state index contributed by atoms with van der Waals surface area (Å²) in [6.07, 6.45) is 6.12. The van der Waals surface area contributed by atoms with E-state index in [0.717, 1.165) is 32.4 Å². The molecule has 7 heteroatoms. The van der Waals surface area contributed by atoms with E-state index in [4.69, 9.17) is 9.47 Å². The van der Waals surface area contributed by atoms with Crippen LogP contribution in [0.15, 0.2) is 12.4 Å². The summed E-state index contributed by atoms with van der Waals surface area (Å²) in [5.41, 5.74) is 0.396. The topological polar surface area (TPSA) is 76.6 Å². The zero-order chi connectivity index (χ0) is 15.4. The molecule has 2 aliphatic heterocycles. The molecule has 0 saturated carbocycles. The first-order valence-corrected chi connectivity index (χ1v) is 7.76. The van der Waals surface area contributed by atoms with Crippen molar-refractivity contribution in [1.82, 2.24) is 14.9 Å². The molecule has 2 atom stereocenters. The Kier molecular flexibility index (Phi) is 4.84. The summed E-state index contributed by atoms with van der Waals surface area (Å²) >= 11 is 0. The van der Waals surface area contributed by atoms with E-state index in [1.165, 1.54) is 6.20 Å². The number of hydrogen-bond acceptors (Lipinski definition) is 6. The molecule has 1 aromatic rings. The van der Waals surface area contributed by atoms with Gasteiger partial charge in [0.15, 0.2) is 0 Å². The van der Waals surface area contributed by atoms with Crippen molar-refractivity contribution in [2.24, 2.45) is 0 Å². The van der Waals surface area contributed by atoms with Gasteiger partial charge in [0.1, 0.15) is 17.6 Å². The van der Waals surface area contributed by atoms with Gasteiger partial charge in [0.25, 0.3) is 5.91 Å². The average Bonchev–Trinajstić information content (AvgIpc) is 3.09. The number of nitrogens with one attached hydrogen (secondary N) is 1. The molecule has 120 valence electrons. The normalized spacial score (nSPS) is 25.2. The molecule has 2 saturated heterocycles. The quantitative estimate of drug-likeness (QED) is 0.892. The average molecular weight is 306 g/mol. The van der Waals surface area contributed by atoms with Crippen molar-refractivity contribution in [1.29, 1.82) is 0 Å². The fraction of sp³-hybridized carbons (Fsp3) is 0.667. The van der Waals surface area contributed by atoms with Crippen molar-refractivity contribution in [3.8, 4) is 0 Å². The molecule has 0 radical (unpaired) electrons. The lowest BCUT2D eigenvalue weighted by Crippen LogP contribution is -2.43. The van der Waals surface area contributed by atoms with Crippen molar-refractivity contribution in [3.63, 3.8) is 0 Å². The number of ether oxygens (including phenoxy) is 2. The highest BCUT2D eigenvalue weighted by Gasteiger charge is 2.26. The number of nitrogens with zero attached hydrogens (tertiary/aromatic N) is 3. The first-order chi connectivity index (χ1) is 10.8. The van der Waals surface area contributed by atoms with Crippen LogP contribution in [-0.2, 0) is 9.47 Å². The smallest absolute Gasteiger partial charge is 0.274 e. The fourth-order valence-corrected chi connectivity index (χ4v) is 2.92. The van der Waals surface area contributed by atoms with E-state index in [0.29, 0.717) is 24.7 Å². The number of likely N-dealkylation sites (tertiary alicyclic amines) is 1. The predicted octanol–water partition coefficient (Wildman–Crippen LogP) is 0.928. The third kappa shape index (κ3) is 3.36. The predicted molar refractivity (Wildman–Crippen MR) is 80.8 cm³/mol. The van der Waals surface area contributed by atoms with E-state index in [2.05, 4.69) is 15.3 Å². The van der Waals surface area contributed by atoms with Gasteiger partial charge in [-0.2, -0.15) is 0 Å². The van der Waals surface area contributed by atoms with Crippen molar-refractivity contribution in [3.05, 3.63) is 18.1 Å². The van der Waals surface area contributed by atoms with Gasteiger partial charge in [0, 0.05) is 26.8 Å². The van der Waals surface area contributed by atoms with Crippen molar-refractivity contribution < 1.29 is 14.3 Å². The third-order valence-corrected chi connectivity index (χ3v) is 4.19. The number of amides is 1. The highest BCUT2D eigenvalue weighted by Crippen LogP contribution is 2.17. The largest absolute Gasteiger partial charge is 0.379 e. The molecule has 2 fully saturated rings. The van der Waals surface area contributed by atoms with Gasteiger partial charge in [-0.15, -0.1) is 0 Å². The van der Waals surface area contributed by atoms with E-state index in [-0.39, 0.29) is 18.1 Å². The minimum Gasteiger partial charge on any atom is -0.379 e. The van der Waals surface area contributed by atoms with Gasteiger partial charge in [-0.3, -0.25) is 9.78 Å². The van der Waals surface area contributed by atoms with Gasteiger partial charge >= 0.3 is 0 Å². The fourth-order valence-electron chi connectivity index (χ4n) is 2.92. The Morgan fingerprint density at radius 2 is 2.23 bits per heavy atom. The molecular weight excluding hydrogens is 284 g/mol. The minimum absolute atomic E-state index is 0.0199. The molecule has 0 bridgehead atoms. The van der Waals surface area contributed by atoms with Crippen LogP contribution in [0.4, 0.5) is 5.82 Å². The summed E-state index contributed by atoms with van der Waals surface area (Å²) in [5.74, 6) is 0.572. The Morgan fingerprint density at radius 1 is 1.41 bits per heavy atom. The van der Waals surface area contributed by atoms with E-state index in [1.54, 1.807) is 13.3 Å². The number of aromatic nitrogens is 2. The Hall–Kier alpha value is -1.73. The van der Waals surface area contributed by atoms with Gasteiger partial charge in [0.2, 0.25) is 0 Å². The molecule has 1 amide bonds. The Bertz CT molecular complexity index is 519. The number of carbonyl (C=O) groups is 1. The van der Waals surface area contributed by atoms with Crippen LogP contribution in [0.2, 0.25) is 0 Å². The van der Waals surface area contributed by atoms with Gasteiger partial charge in [-0.25, -0.2) is 4.98 Å². The number of rotatable bonds is 4. The molecule has 22 heavy (non-hydrogen) atoms. The zero-order valence-corrected chi connectivity index (χ0v) is 12.8. The van der Waals surface area contributed by atoms with Crippen LogP contribution in [0.25, 0.3) is 0 Å². The molecule has 1 aromatic heterocycles. The summed E-state index contributed by atoms with van der Waals surface area (Å²) in [5, 5.41) is 3.32. The number of methoxy groups -OCH3 is 1. The number of carbonyl (C=O) groups excluding carboxylic acids is 1. The molecule has 0 spiro atoms. The molecule has 7 nitrogen and oxygen atoms in total. The maximum absolute atomic E-state index is 12.4. The first kappa shape index (κ1) is 15.2. The van der Waals surface area contributed by atoms with Crippen LogP contribution in [0.1, 0.15) is 29.8 Å². The maximum atomic E-state index is 12.4. The molecule has 1 N–H and O–H groups in total. The molecule has 0 unspecified atom stereocenters. The standard InChI is InChI=1S/C15H22N4O3/c1-21-13-10-22-7-4-11(13)17-14-9-16-8-12(18-14)15(20)19-5-2-3-6-19/h8-9,11,13H,2-7,10H2,1H3,(H,17,18)/t11-,13-/m0/s1. The monoisotopic (exact) mass is 306 g/mol. The lowest BCUT2D eigenvalue weighted by Gasteiger charge is -2.31. The molecule has 0 aliphatic carbocycles. The van der Waals surface area contributed by atoms with Crippen molar-refractivity contribution in [2.75, 3.05) is 38.7 Å².